The number of rotatable bonds is 2. The van der Waals surface area contributed by atoms with Crippen LogP contribution in [0.4, 0.5) is 0 Å². The Balaban J connectivity index is 1.75. The molecule has 11 heavy (non-hydrogen) atoms. The first-order chi connectivity index (χ1) is 5.36. The van der Waals surface area contributed by atoms with Gasteiger partial charge in [0.2, 0.25) is 0 Å². The van der Waals surface area contributed by atoms with E-state index >= 15 is 0 Å². The first-order valence-electron chi connectivity index (χ1n) is 5.10. The molecule has 1 saturated heterocycles. The molecule has 0 unspecified atom stereocenters. The first kappa shape index (κ1) is 7.60. The highest BCUT2D eigenvalue weighted by atomic mass is 15.2. The minimum atomic E-state index is 0.885. The maximum atomic E-state index is 2.68. The van der Waals surface area contributed by atoms with Crippen LogP contribution in [-0.4, -0.2) is 24.0 Å². The van der Waals surface area contributed by atoms with E-state index in [1.807, 2.05) is 0 Å². The summed E-state index contributed by atoms with van der Waals surface area (Å²) in [6.45, 7) is 5.16. The van der Waals surface area contributed by atoms with Gasteiger partial charge >= 0.3 is 0 Å². The van der Waals surface area contributed by atoms with Gasteiger partial charge in [0.25, 0.3) is 0 Å². The number of hydrogen-bond acceptors (Lipinski definition) is 1. The highest BCUT2D eigenvalue weighted by Crippen LogP contribution is 2.29. The molecule has 0 spiro atoms. The molecule has 0 N–H and O–H groups in total. The zero-order chi connectivity index (χ0) is 7.68. The van der Waals surface area contributed by atoms with Crippen LogP contribution >= 0.6 is 0 Å². The summed E-state index contributed by atoms with van der Waals surface area (Å²) in [5.74, 6) is 1.07. The molecule has 0 aromatic rings. The number of likely N-dealkylation sites (tertiary alicyclic amines) is 1. The zero-order valence-corrected chi connectivity index (χ0v) is 7.55. The average Bonchev–Trinajstić information content (AvgIpc) is 2.27. The summed E-state index contributed by atoms with van der Waals surface area (Å²) in [6, 6.07) is 0.885. The van der Waals surface area contributed by atoms with Crippen molar-refractivity contribution in [1.29, 1.82) is 0 Å². The van der Waals surface area contributed by atoms with E-state index in [1.54, 1.807) is 0 Å². The van der Waals surface area contributed by atoms with Crippen LogP contribution in [0, 0.1) is 5.92 Å². The minimum Gasteiger partial charge on any atom is -0.300 e. The summed E-state index contributed by atoms with van der Waals surface area (Å²) in [5.41, 5.74) is 0. The van der Waals surface area contributed by atoms with Gasteiger partial charge < -0.3 is 4.90 Å². The fraction of sp³-hybridized carbons (Fsp3) is 1.00. The Hall–Kier alpha value is -0.0400. The van der Waals surface area contributed by atoms with Crippen molar-refractivity contribution in [3.63, 3.8) is 0 Å². The van der Waals surface area contributed by atoms with Crippen LogP contribution in [0.5, 0.6) is 0 Å². The van der Waals surface area contributed by atoms with Crippen molar-refractivity contribution in [2.45, 2.75) is 45.1 Å². The Kier molecular flexibility index (Phi) is 2.17. The molecule has 0 radical (unpaired) electrons. The van der Waals surface area contributed by atoms with E-state index < -0.39 is 0 Å². The van der Waals surface area contributed by atoms with Gasteiger partial charge in [-0.3, -0.25) is 0 Å². The van der Waals surface area contributed by atoms with Gasteiger partial charge in [-0.15, -0.1) is 0 Å². The van der Waals surface area contributed by atoms with E-state index in [4.69, 9.17) is 0 Å². The Morgan fingerprint density at radius 2 is 2.00 bits per heavy atom. The second-order valence-corrected chi connectivity index (χ2v) is 4.28. The van der Waals surface area contributed by atoms with Crippen molar-refractivity contribution in [1.82, 2.24) is 4.90 Å². The second kappa shape index (κ2) is 3.14. The smallest absolute Gasteiger partial charge is 0.00675 e. The summed E-state index contributed by atoms with van der Waals surface area (Å²) < 4.78 is 0. The normalized spacial score (nSPS) is 34.1. The maximum Gasteiger partial charge on any atom is 0.00675 e. The summed E-state index contributed by atoms with van der Waals surface area (Å²) in [5, 5.41) is 0. The molecular formula is C10H19N. The molecule has 1 nitrogen and oxygen atoms in total. The Bertz CT molecular complexity index is 129. The fourth-order valence-electron chi connectivity index (χ4n) is 2.27. The Labute approximate surface area is 69.8 Å². The average molecular weight is 153 g/mol. The Morgan fingerprint density at radius 3 is 2.45 bits per heavy atom. The van der Waals surface area contributed by atoms with Gasteiger partial charge in [0.1, 0.15) is 0 Å². The number of hydrogen-bond donors (Lipinski definition) is 0. The van der Waals surface area contributed by atoms with Crippen LogP contribution in [0.1, 0.15) is 39.0 Å². The molecule has 0 bridgehead atoms. The van der Waals surface area contributed by atoms with Crippen LogP contribution in [-0.2, 0) is 0 Å². The third-order valence-electron chi connectivity index (χ3n) is 3.41. The van der Waals surface area contributed by atoms with Crippen molar-refractivity contribution in [3.8, 4) is 0 Å². The molecule has 1 heteroatoms. The lowest BCUT2D eigenvalue weighted by molar-refractivity contribution is 0.173. The SMILES string of the molecule is C[C@H]1CCCN1CC1CCC1. The Morgan fingerprint density at radius 1 is 1.18 bits per heavy atom. The fourth-order valence-corrected chi connectivity index (χ4v) is 2.27. The molecule has 0 amide bonds. The van der Waals surface area contributed by atoms with Crippen LogP contribution < -0.4 is 0 Å². The van der Waals surface area contributed by atoms with E-state index in [0.717, 1.165) is 12.0 Å². The van der Waals surface area contributed by atoms with E-state index in [2.05, 4.69) is 11.8 Å². The molecule has 0 aromatic carbocycles. The minimum absolute atomic E-state index is 0.885. The lowest BCUT2D eigenvalue weighted by Crippen LogP contribution is -2.34. The van der Waals surface area contributed by atoms with Gasteiger partial charge in [-0.25, -0.2) is 0 Å². The lowest BCUT2D eigenvalue weighted by atomic mass is 9.85. The molecule has 1 heterocycles. The zero-order valence-electron chi connectivity index (χ0n) is 7.55. The standard InChI is InChI=1S/C10H19N/c1-9-4-3-7-11(9)8-10-5-2-6-10/h9-10H,2-8H2,1H3/t9-/m0/s1. The summed E-state index contributed by atoms with van der Waals surface area (Å²) in [7, 11) is 0. The number of nitrogens with zero attached hydrogens (tertiary/aromatic N) is 1. The van der Waals surface area contributed by atoms with E-state index in [9.17, 15) is 0 Å². The molecule has 2 aliphatic rings. The van der Waals surface area contributed by atoms with Crippen molar-refractivity contribution in [3.05, 3.63) is 0 Å². The van der Waals surface area contributed by atoms with Gasteiger partial charge in [-0.05, 0) is 45.1 Å². The van der Waals surface area contributed by atoms with Crippen molar-refractivity contribution in [2.24, 2.45) is 5.92 Å². The topological polar surface area (TPSA) is 3.24 Å². The first-order valence-corrected chi connectivity index (χ1v) is 5.10. The molecule has 1 aliphatic carbocycles. The molecular weight excluding hydrogens is 134 g/mol. The van der Waals surface area contributed by atoms with Crippen molar-refractivity contribution < 1.29 is 0 Å². The third-order valence-corrected chi connectivity index (χ3v) is 3.41. The van der Waals surface area contributed by atoms with Crippen LogP contribution in [0.25, 0.3) is 0 Å². The van der Waals surface area contributed by atoms with Gasteiger partial charge in [0.05, 0.1) is 0 Å². The highest BCUT2D eigenvalue weighted by Gasteiger charge is 2.25. The van der Waals surface area contributed by atoms with Gasteiger partial charge in [-0.1, -0.05) is 6.42 Å². The molecule has 1 saturated carbocycles. The largest absolute Gasteiger partial charge is 0.300 e. The van der Waals surface area contributed by atoms with Crippen LogP contribution in [0.15, 0.2) is 0 Å². The summed E-state index contributed by atoms with van der Waals surface area (Å²) in [4.78, 5) is 2.68. The van der Waals surface area contributed by atoms with E-state index in [0.29, 0.717) is 0 Å². The van der Waals surface area contributed by atoms with Gasteiger partial charge in [0, 0.05) is 12.6 Å². The van der Waals surface area contributed by atoms with Gasteiger partial charge in [-0.2, -0.15) is 0 Å². The third kappa shape index (κ3) is 1.58. The molecule has 2 rings (SSSR count). The summed E-state index contributed by atoms with van der Waals surface area (Å²) in [6.07, 6.45) is 7.37. The summed E-state index contributed by atoms with van der Waals surface area (Å²) >= 11 is 0. The second-order valence-electron chi connectivity index (χ2n) is 4.28. The van der Waals surface area contributed by atoms with Crippen LogP contribution in [0.3, 0.4) is 0 Å². The molecule has 0 aromatic heterocycles. The predicted octanol–water partition coefficient (Wildman–Crippen LogP) is 2.27. The molecule has 64 valence electrons. The monoisotopic (exact) mass is 153 g/mol. The predicted molar refractivity (Wildman–Crippen MR) is 47.6 cm³/mol. The van der Waals surface area contributed by atoms with E-state index in [1.165, 1.54) is 45.2 Å². The van der Waals surface area contributed by atoms with E-state index in [-0.39, 0.29) is 0 Å². The highest BCUT2D eigenvalue weighted by molar-refractivity contribution is 4.80. The van der Waals surface area contributed by atoms with Crippen molar-refractivity contribution >= 4 is 0 Å². The molecule has 2 fully saturated rings. The van der Waals surface area contributed by atoms with Crippen LogP contribution in [0.2, 0.25) is 0 Å². The quantitative estimate of drug-likeness (QED) is 0.588. The van der Waals surface area contributed by atoms with Gasteiger partial charge in [0.15, 0.2) is 0 Å². The molecule has 1 atom stereocenters. The maximum absolute atomic E-state index is 2.68. The van der Waals surface area contributed by atoms with Crippen molar-refractivity contribution in [2.75, 3.05) is 13.1 Å². The molecule has 1 aliphatic heterocycles. The lowest BCUT2D eigenvalue weighted by Gasteiger charge is -2.32.